The summed E-state index contributed by atoms with van der Waals surface area (Å²) < 4.78 is 2.38. The standard InChI is InChI=1S/C35H26N2/c1-3-12-25(13-4-1)32-23-28(24-33(36-32)26-14-5-2-6-15-26)27-16-11-17-29(22-27)37-34-20-9-7-18-30(34)31-19-8-10-21-35(31)37/h1-24,32,36H. The molecule has 37 heavy (non-hydrogen) atoms. The van der Waals surface area contributed by atoms with E-state index < -0.39 is 0 Å². The summed E-state index contributed by atoms with van der Waals surface area (Å²) >= 11 is 0. The van der Waals surface area contributed by atoms with Gasteiger partial charge in [0.2, 0.25) is 0 Å². The molecule has 2 heterocycles. The second-order valence-electron chi connectivity index (χ2n) is 9.50. The predicted molar refractivity (Wildman–Crippen MR) is 155 cm³/mol. The molecule has 0 fully saturated rings. The van der Waals surface area contributed by atoms with Crippen LogP contribution in [0.1, 0.15) is 22.7 Å². The molecular weight excluding hydrogens is 448 g/mol. The van der Waals surface area contributed by atoms with E-state index >= 15 is 0 Å². The van der Waals surface area contributed by atoms with Crippen molar-refractivity contribution in [3.63, 3.8) is 0 Å². The molecule has 2 nitrogen and oxygen atoms in total. The number of fused-ring (bicyclic) bond motifs is 3. The van der Waals surface area contributed by atoms with Crippen LogP contribution in [0, 0.1) is 0 Å². The Morgan fingerprint density at radius 1 is 0.541 bits per heavy atom. The first-order chi connectivity index (χ1) is 18.3. The fourth-order valence-corrected chi connectivity index (χ4v) is 5.46. The van der Waals surface area contributed by atoms with Gasteiger partial charge in [-0.3, -0.25) is 0 Å². The van der Waals surface area contributed by atoms with Gasteiger partial charge in [0, 0.05) is 22.2 Å². The van der Waals surface area contributed by atoms with Crippen LogP contribution in [0.25, 0.3) is 38.8 Å². The van der Waals surface area contributed by atoms with Crippen LogP contribution in [-0.2, 0) is 0 Å². The number of hydrogen-bond donors (Lipinski definition) is 1. The summed E-state index contributed by atoms with van der Waals surface area (Å²) in [6.07, 6.45) is 4.62. The number of benzene rings is 5. The highest BCUT2D eigenvalue weighted by molar-refractivity contribution is 6.09. The first-order valence-corrected chi connectivity index (χ1v) is 12.7. The molecule has 1 unspecified atom stereocenters. The van der Waals surface area contributed by atoms with Gasteiger partial charge in [-0.15, -0.1) is 0 Å². The first kappa shape index (κ1) is 21.5. The van der Waals surface area contributed by atoms with Gasteiger partial charge in [-0.05, 0) is 58.7 Å². The van der Waals surface area contributed by atoms with E-state index in [0.29, 0.717) is 0 Å². The van der Waals surface area contributed by atoms with Crippen molar-refractivity contribution < 1.29 is 0 Å². The smallest absolute Gasteiger partial charge is 0.0707 e. The highest BCUT2D eigenvalue weighted by Crippen LogP contribution is 2.35. The number of dihydropyridines is 1. The minimum Gasteiger partial charge on any atom is -0.374 e. The lowest BCUT2D eigenvalue weighted by Crippen LogP contribution is -2.21. The molecule has 7 rings (SSSR count). The number of aromatic nitrogens is 1. The van der Waals surface area contributed by atoms with Crippen LogP contribution in [0.15, 0.2) is 146 Å². The van der Waals surface area contributed by atoms with Crippen molar-refractivity contribution >= 4 is 33.1 Å². The molecule has 176 valence electrons. The summed E-state index contributed by atoms with van der Waals surface area (Å²) in [6.45, 7) is 0. The van der Waals surface area contributed by atoms with Crippen molar-refractivity contribution in [3.8, 4) is 5.69 Å². The number of allylic oxidation sites excluding steroid dienone is 2. The molecule has 0 saturated heterocycles. The minimum atomic E-state index is 0.0910. The number of hydrogen-bond acceptors (Lipinski definition) is 1. The number of rotatable bonds is 4. The third kappa shape index (κ3) is 3.84. The number of nitrogens with zero attached hydrogens (tertiary/aromatic N) is 1. The Kier molecular flexibility index (Phi) is 5.22. The van der Waals surface area contributed by atoms with Crippen LogP contribution in [0.4, 0.5) is 0 Å². The summed E-state index contributed by atoms with van der Waals surface area (Å²) in [5.74, 6) is 0. The van der Waals surface area contributed by atoms with Crippen LogP contribution in [0.3, 0.4) is 0 Å². The zero-order valence-corrected chi connectivity index (χ0v) is 20.4. The Labute approximate surface area is 216 Å². The Balaban J connectivity index is 1.39. The maximum Gasteiger partial charge on any atom is 0.0707 e. The van der Waals surface area contributed by atoms with Gasteiger partial charge in [-0.25, -0.2) is 0 Å². The third-order valence-corrected chi connectivity index (χ3v) is 7.22. The van der Waals surface area contributed by atoms with E-state index in [2.05, 4.69) is 155 Å². The van der Waals surface area contributed by atoms with E-state index in [1.54, 1.807) is 0 Å². The van der Waals surface area contributed by atoms with Crippen LogP contribution in [0.5, 0.6) is 0 Å². The molecule has 2 heteroatoms. The average Bonchev–Trinajstić information content (AvgIpc) is 3.32. The Morgan fingerprint density at radius 3 is 1.84 bits per heavy atom. The second kappa shape index (κ2) is 9.00. The fourth-order valence-electron chi connectivity index (χ4n) is 5.46. The normalized spacial score (nSPS) is 15.3. The molecule has 1 atom stereocenters. The zero-order chi connectivity index (χ0) is 24.6. The monoisotopic (exact) mass is 474 g/mol. The quantitative estimate of drug-likeness (QED) is 0.271. The topological polar surface area (TPSA) is 17.0 Å². The molecule has 1 N–H and O–H groups in total. The van der Waals surface area contributed by atoms with E-state index in [1.165, 1.54) is 49.8 Å². The van der Waals surface area contributed by atoms with Gasteiger partial charge in [0.05, 0.1) is 17.1 Å². The predicted octanol–water partition coefficient (Wildman–Crippen LogP) is 8.55. The zero-order valence-electron chi connectivity index (χ0n) is 20.4. The maximum atomic E-state index is 3.76. The molecule has 0 radical (unpaired) electrons. The number of para-hydroxylation sites is 2. The van der Waals surface area contributed by atoms with Crippen molar-refractivity contribution in [1.82, 2.24) is 9.88 Å². The van der Waals surface area contributed by atoms with E-state index in [9.17, 15) is 0 Å². The lowest BCUT2D eigenvalue weighted by Gasteiger charge is -2.26. The van der Waals surface area contributed by atoms with Gasteiger partial charge in [0.1, 0.15) is 0 Å². The van der Waals surface area contributed by atoms with Crippen molar-refractivity contribution in [2.24, 2.45) is 0 Å². The summed E-state index contributed by atoms with van der Waals surface area (Å²) in [5.41, 5.74) is 9.61. The van der Waals surface area contributed by atoms with Crippen molar-refractivity contribution in [2.45, 2.75) is 6.04 Å². The fraction of sp³-hybridized carbons (Fsp3) is 0.0286. The highest BCUT2D eigenvalue weighted by Gasteiger charge is 2.19. The van der Waals surface area contributed by atoms with E-state index in [0.717, 1.165) is 5.70 Å². The molecule has 6 aromatic rings. The maximum absolute atomic E-state index is 3.76. The van der Waals surface area contributed by atoms with Gasteiger partial charge in [-0.2, -0.15) is 0 Å². The van der Waals surface area contributed by atoms with E-state index in [1.807, 2.05) is 0 Å². The Morgan fingerprint density at radius 2 is 1.14 bits per heavy atom. The molecule has 1 aromatic heterocycles. The summed E-state index contributed by atoms with van der Waals surface area (Å²) in [5, 5.41) is 6.31. The molecule has 0 spiro atoms. The Hall–Kier alpha value is -4.82. The molecule has 1 aliphatic rings. The molecular formula is C35H26N2. The summed E-state index contributed by atoms with van der Waals surface area (Å²) in [7, 11) is 0. The first-order valence-electron chi connectivity index (χ1n) is 12.7. The van der Waals surface area contributed by atoms with Crippen LogP contribution < -0.4 is 5.32 Å². The molecule has 5 aromatic carbocycles. The van der Waals surface area contributed by atoms with Gasteiger partial charge in [0.15, 0.2) is 0 Å². The van der Waals surface area contributed by atoms with Gasteiger partial charge in [-0.1, -0.05) is 109 Å². The van der Waals surface area contributed by atoms with Crippen LogP contribution in [0.2, 0.25) is 0 Å². The molecule has 0 amide bonds. The second-order valence-corrected chi connectivity index (χ2v) is 9.50. The lowest BCUT2D eigenvalue weighted by molar-refractivity contribution is 0.767. The molecule has 0 bridgehead atoms. The van der Waals surface area contributed by atoms with E-state index in [4.69, 9.17) is 0 Å². The lowest BCUT2D eigenvalue weighted by atomic mass is 9.93. The highest BCUT2D eigenvalue weighted by atomic mass is 15.0. The summed E-state index contributed by atoms with van der Waals surface area (Å²) in [6, 6.07) is 47.6. The third-order valence-electron chi connectivity index (χ3n) is 7.22. The van der Waals surface area contributed by atoms with Crippen molar-refractivity contribution in [1.29, 1.82) is 0 Å². The van der Waals surface area contributed by atoms with Crippen LogP contribution in [-0.4, -0.2) is 4.57 Å². The summed E-state index contributed by atoms with van der Waals surface area (Å²) in [4.78, 5) is 0. The number of nitrogens with one attached hydrogen (secondary N) is 1. The van der Waals surface area contributed by atoms with Crippen LogP contribution >= 0.6 is 0 Å². The average molecular weight is 475 g/mol. The van der Waals surface area contributed by atoms with Gasteiger partial charge in [0.25, 0.3) is 0 Å². The molecule has 1 aliphatic heterocycles. The van der Waals surface area contributed by atoms with Gasteiger partial charge >= 0.3 is 0 Å². The molecule has 0 saturated carbocycles. The largest absolute Gasteiger partial charge is 0.374 e. The SMILES string of the molecule is C1=C(c2cccc(-n3c4ccccc4c4ccccc43)c2)C=C(c2ccccc2)NC1c1ccccc1. The molecule has 0 aliphatic carbocycles. The van der Waals surface area contributed by atoms with Crippen molar-refractivity contribution in [2.75, 3.05) is 0 Å². The minimum absolute atomic E-state index is 0.0910. The Bertz CT molecular complexity index is 1740. The van der Waals surface area contributed by atoms with E-state index in [-0.39, 0.29) is 6.04 Å². The van der Waals surface area contributed by atoms with Gasteiger partial charge < -0.3 is 9.88 Å². The van der Waals surface area contributed by atoms with Crippen molar-refractivity contribution in [3.05, 3.63) is 162 Å².